The highest BCUT2D eigenvalue weighted by atomic mass is 16.2. The minimum absolute atomic E-state index is 0.0279. The van der Waals surface area contributed by atoms with E-state index in [4.69, 9.17) is 0 Å². The van der Waals surface area contributed by atoms with Crippen LogP contribution in [0.2, 0.25) is 0 Å². The molecule has 0 saturated heterocycles. The highest BCUT2D eigenvalue weighted by Crippen LogP contribution is 2.49. The summed E-state index contributed by atoms with van der Waals surface area (Å²) in [4.78, 5) is 25.5. The molecule has 0 aliphatic heterocycles. The third kappa shape index (κ3) is 3.16. The monoisotopic (exact) mass is 300 g/mol. The molecule has 3 atom stereocenters. The number of carbonyl (C=O) groups is 2. The van der Waals surface area contributed by atoms with Crippen LogP contribution in [-0.2, 0) is 4.79 Å². The Morgan fingerprint density at radius 2 is 1.86 bits per heavy atom. The van der Waals surface area contributed by atoms with Crippen molar-refractivity contribution >= 4 is 17.5 Å². The molecule has 2 saturated carbocycles. The van der Waals surface area contributed by atoms with Crippen LogP contribution >= 0.6 is 0 Å². The maximum absolute atomic E-state index is 12.2. The van der Waals surface area contributed by atoms with E-state index in [9.17, 15) is 9.59 Å². The zero-order chi connectivity index (χ0) is 15.7. The first-order valence-corrected chi connectivity index (χ1v) is 8.14. The van der Waals surface area contributed by atoms with E-state index in [-0.39, 0.29) is 11.8 Å². The van der Waals surface area contributed by atoms with Crippen molar-refractivity contribution in [2.45, 2.75) is 32.1 Å². The van der Waals surface area contributed by atoms with Crippen molar-refractivity contribution in [1.29, 1.82) is 0 Å². The van der Waals surface area contributed by atoms with Crippen molar-refractivity contribution in [1.82, 2.24) is 4.90 Å². The number of nitrogens with zero attached hydrogens (tertiary/aromatic N) is 1. The van der Waals surface area contributed by atoms with Gasteiger partial charge in [0.2, 0.25) is 5.91 Å². The summed E-state index contributed by atoms with van der Waals surface area (Å²) in [6.07, 6.45) is 5.88. The molecule has 1 N–H and O–H groups in total. The van der Waals surface area contributed by atoms with E-state index in [1.54, 1.807) is 43.3 Å². The molecule has 2 fully saturated rings. The molecular weight excluding hydrogens is 276 g/mol. The molecule has 0 aromatic heterocycles. The largest absolute Gasteiger partial charge is 0.345 e. The van der Waals surface area contributed by atoms with Crippen LogP contribution in [0.1, 0.15) is 42.5 Å². The van der Waals surface area contributed by atoms with Gasteiger partial charge in [0.05, 0.1) is 0 Å². The van der Waals surface area contributed by atoms with Gasteiger partial charge in [0.15, 0.2) is 0 Å². The quantitative estimate of drug-likeness (QED) is 0.928. The Morgan fingerprint density at radius 3 is 2.41 bits per heavy atom. The Kier molecular flexibility index (Phi) is 4.19. The van der Waals surface area contributed by atoms with Gasteiger partial charge >= 0.3 is 0 Å². The van der Waals surface area contributed by atoms with Crippen LogP contribution < -0.4 is 5.32 Å². The van der Waals surface area contributed by atoms with Crippen molar-refractivity contribution in [3.05, 3.63) is 29.8 Å². The van der Waals surface area contributed by atoms with E-state index in [2.05, 4.69) is 5.32 Å². The van der Waals surface area contributed by atoms with Crippen molar-refractivity contribution in [2.24, 2.45) is 17.8 Å². The average Bonchev–Trinajstić information content (AvgIpc) is 3.09. The molecule has 2 aliphatic rings. The standard InChI is InChI=1S/C18H24N2O2/c1-20(2)18(22)13-5-7-16(8-6-13)19-17(21)11-15-10-12-3-4-14(15)9-12/h5-8,12,14-15H,3-4,9-11H2,1-2H3,(H,19,21)/t12-,14-,15+/m1/s1. The predicted octanol–water partition coefficient (Wildman–Crippen LogP) is 3.15. The first kappa shape index (κ1) is 15.1. The van der Waals surface area contributed by atoms with Crippen molar-refractivity contribution < 1.29 is 9.59 Å². The van der Waals surface area contributed by atoms with Crippen molar-refractivity contribution in [3.63, 3.8) is 0 Å². The summed E-state index contributed by atoms with van der Waals surface area (Å²) in [5.74, 6) is 2.30. The number of carbonyl (C=O) groups excluding carboxylic acids is 2. The summed E-state index contributed by atoms with van der Waals surface area (Å²) >= 11 is 0. The smallest absolute Gasteiger partial charge is 0.253 e. The number of anilines is 1. The number of fused-ring (bicyclic) bond motifs is 2. The van der Waals surface area contributed by atoms with Gasteiger partial charge < -0.3 is 10.2 Å². The zero-order valence-electron chi connectivity index (χ0n) is 13.3. The van der Waals surface area contributed by atoms with Gasteiger partial charge in [-0.05, 0) is 61.3 Å². The zero-order valence-corrected chi connectivity index (χ0v) is 13.3. The minimum Gasteiger partial charge on any atom is -0.345 e. The SMILES string of the molecule is CN(C)C(=O)c1ccc(NC(=O)C[C@@H]2C[C@@H]3CC[C@@H]2C3)cc1. The van der Waals surface area contributed by atoms with E-state index in [0.29, 0.717) is 17.9 Å². The lowest BCUT2D eigenvalue weighted by molar-refractivity contribution is -0.117. The van der Waals surface area contributed by atoms with Crippen LogP contribution in [0.25, 0.3) is 0 Å². The van der Waals surface area contributed by atoms with E-state index in [1.165, 1.54) is 25.7 Å². The summed E-state index contributed by atoms with van der Waals surface area (Å²) in [6, 6.07) is 7.12. The fourth-order valence-corrected chi connectivity index (χ4v) is 4.03. The van der Waals surface area contributed by atoms with E-state index in [1.807, 2.05) is 0 Å². The number of nitrogens with one attached hydrogen (secondary N) is 1. The summed E-state index contributed by atoms with van der Waals surface area (Å²) in [5.41, 5.74) is 1.40. The molecule has 4 heteroatoms. The number of amides is 2. The average molecular weight is 300 g/mol. The van der Waals surface area contributed by atoms with E-state index < -0.39 is 0 Å². The number of benzene rings is 1. The molecule has 0 unspecified atom stereocenters. The van der Waals surface area contributed by atoms with Crippen molar-refractivity contribution in [3.8, 4) is 0 Å². The molecule has 0 spiro atoms. The molecule has 22 heavy (non-hydrogen) atoms. The molecular formula is C18H24N2O2. The van der Waals surface area contributed by atoms with Gasteiger partial charge in [0.25, 0.3) is 5.91 Å². The lowest BCUT2D eigenvalue weighted by Crippen LogP contribution is -2.22. The van der Waals surface area contributed by atoms with Crippen LogP contribution in [0.3, 0.4) is 0 Å². The van der Waals surface area contributed by atoms with Gasteiger partial charge in [0.1, 0.15) is 0 Å². The van der Waals surface area contributed by atoms with Crippen molar-refractivity contribution in [2.75, 3.05) is 19.4 Å². The molecule has 0 heterocycles. The lowest BCUT2D eigenvalue weighted by Gasteiger charge is -2.20. The Morgan fingerprint density at radius 1 is 1.14 bits per heavy atom. The highest BCUT2D eigenvalue weighted by molar-refractivity contribution is 5.95. The van der Waals surface area contributed by atoms with E-state index >= 15 is 0 Å². The molecule has 0 radical (unpaired) electrons. The molecule has 118 valence electrons. The fourth-order valence-electron chi connectivity index (χ4n) is 4.03. The fraction of sp³-hybridized carbons (Fsp3) is 0.556. The van der Waals surface area contributed by atoms with Crippen LogP contribution in [0.15, 0.2) is 24.3 Å². The Hall–Kier alpha value is -1.84. The Labute approximate surface area is 131 Å². The molecule has 1 aromatic rings. The van der Waals surface area contributed by atoms with Gasteiger partial charge in [-0.2, -0.15) is 0 Å². The van der Waals surface area contributed by atoms with Gasteiger partial charge in [-0.15, -0.1) is 0 Å². The third-order valence-electron chi connectivity index (χ3n) is 5.15. The van der Waals surface area contributed by atoms with Crippen LogP contribution in [0.5, 0.6) is 0 Å². The summed E-state index contributed by atoms with van der Waals surface area (Å²) in [6.45, 7) is 0. The second-order valence-electron chi connectivity index (χ2n) is 6.96. The van der Waals surface area contributed by atoms with Gasteiger partial charge in [-0.1, -0.05) is 6.42 Å². The van der Waals surface area contributed by atoms with Crippen LogP contribution in [-0.4, -0.2) is 30.8 Å². The molecule has 2 amide bonds. The molecule has 4 nitrogen and oxygen atoms in total. The first-order valence-electron chi connectivity index (χ1n) is 8.14. The normalized spacial score (nSPS) is 26.0. The highest BCUT2D eigenvalue weighted by Gasteiger charge is 2.40. The molecule has 3 rings (SSSR count). The first-order chi connectivity index (χ1) is 10.5. The topological polar surface area (TPSA) is 49.4 Å². The number of hydrogen-bond acceptors (Lipinski definition) is 2. The molecule has 2 bridgehead atoms. The third-order valence-corrected chi connectivity index (χ3v) is 5.15. The second-order valence-corrected chi connectivity index (χ2v) is 6.96. The van der Waals surface area contributed by atoms with Gasteiger partial charge in [-0.25, -0.2) is 0 Å². The maximum Gasteiger partial charge on any atom is 0.253 e. The second kappa shape index (κ2) is 6.11. The Bertz CT molecular complexity index is 565. The summed E-state index contributed by atoms with van der Waals surface area (Å²) in [5, 5.41) is 2.96. The summed E-state index contributed by atoms with van der Waals surface area (Å²) < 4.78 is 0. The summed E-state index contributed by atoms with van der Waals surface area (Å²) in [7, 11) is 3.46. The van der Waals surface area contributed by atoms with Gasteiger partial charge in [0, 0.05) is 31.8 Å². The number of rotatable bonds is 4. The lowest BCUT2D eigenvalue weighted by atomic mass is 9.86. The molecule has 2 aliphatic carbocycles. The molecule has 1 aromatic carbocycles. The minimum atomic E-state index is -0.0279. The number of hydrogen-bond donors (Lipinski definition) is 1. The van der Waals surface area contributed by atoms with E-state index in [0.717, 1.165) is 17.5 Å². The maximum atomic E-state index is 12.2. The van der Waals surface area contributed by atoms with Gasteiger partial charge in [-0.3, -0.25) is 9.59 Å². The Balaban J connectivity index is 1.54. The van der Waals surface area contributed by atoms with Crippen LogP contribution in [0.4, 0.5) is 5.69 Å². The van der Waals surface area contributed by atoms with Crippen LogP contribution in [0, 0.1) is 17.8 Å². The predicted molar refractivity (Wildman–Crippen MR) is 86.6 cm³/mol.